The number of para-hydroxylation sites is 1. The predicted molar refractivity (Wildman–Crippen MR) is 262 cm³/mol. The van der Waals surface area contributed by atoms with Crippen molar-refractivity contribution in [1.82, 2.24) is 14.5 Å². The van der Waals surface area contributed by atoms with E-state index in [4.69, 9.17) is 14.4 Å². The van der Waals surface area contributed by atoms with Crippen LogP contribution in [0.15, 0.2) is 150 Å². The molecule has 0 spiro atoms. The molecule has 10 rings (SSSR count). The molecular weight excluding hydrogens is 966 g/mol. The molecule has 5 nitrogen and oxygen atoms in total. The maximum atomic E-state index is 12.5. The second-order valence-corrected chi connectivity index (χ2v) is 20.0. The minimum absolute atomic E-state index is 0. The van der Waals surface area contributed by atoms with Gasteiger partial charge in [-0.1, -0.05) is 164 Å². The van der Waals surface area contributed by atoms with Crippen LogP contribution in [0.1, 0.15) is 79.0 Å². The van der Waals surface area contributed by atoms with Gasteiger partial charge in [0.15, 0.2) is 0 Å². The molecule has 0 aliphatic heterocycles. The third-order valence-electron chi connectivity index (χ3n) is 12.5. The number of benzene rings is 7. The maximum Gasteiger partial charge on any atom is 0.148 e. The first-order valence-corrected chi connectivity index (χ1v) is 21.9. The summed E-state index contributed by atoms with van der Waals surface area (Å²) < 4.78 is 8.81. The maximum absolute atomic E-state index is 12.5. The fourth-order valence-corrected chi connectivity index (χ4v) is 9.01. The van der Waals surface area contributed by atoms with Crippen molar-refractivity contribution in [2.24, 2.45) is 0 Å². The summed E-state index contributed by atoms with van der Waals surface area (Å²) >= 11 is 0. The van der Waals surface area contributed by atoms with Gasteiger partial charge in [0, 0.05) is 60.2 Å². The van der Waals surface area contributed by atoms with Crippen LogP contribution in [0.5, 0.6) is 5.75 Å². The van der Waals surface area contributed by atoms with Gasteiger partial charge in [-0.15, -0.1) is 29.8 Å². The molecule has 0 amide bonds. The average Bonchev–Trinajstić information content (AvgIpc) is 3.85. The van der Waals surface area contributed by atoms with Gasteiger partial charge in [0.05, 0.1) is 22.3 Å². The van der Waals surface area contributed by atoms with E-state index in [-0.39, 0.29) is 43.1 Å². The Morgan fingerprint density at radius 3 is 2.05 bits per heavy atom. The fourth-order valence-electron chi connectivity index (χ4n) is 9.01. The van der Waals surface area contributed by atoms with Crippen molar-refractivity contribution in [1.29, 1.82) is 0 Å². The summed E-state index contributed by atoms with van der Waals surface area (Å²) in [4.78, 5) is 10.6. The van der Waals surface area contributed by atoms with E-state index in [9.17, 15) is 5.11 Å². The van der Waals surface area contributed by atoms with Gasteiger partial charge in [-0.3, -0.25) is 9.55 Å². The first kappa shape index (κ1) is 43.0. The topological polar surface area (TPSA) is 64.1 Å². The first-order valence-electron chi connectivity index (χ1n) is 21.9. The second kappa shape index (κ2) is 15.7. The smallest absolute Gasteiger partial charge is 0.148 e. The zero-order chi connectivity index (χ0) is 44.0. The Labute approximate surface area is 390 Å². The largest absolute Gasteiger partial charge is 0.507 e. The van der Waals surface area contributed by atoms with Gasteiger partial charge in [0.2, 0.25) is 0 Å². The Hall–Kier alpha value is -6.29. The fraction of sp³-hybridized carbons (Fsp3) is 0.207. The van der Waals surface area contributed by atoms with Gasteiger partial charge in [-0.25, -0.2) is 4.98 Å². The molecule has 64 heavy (non-hydrogen) atoms. The number of pyridine rings is 1. The summed E-state index contributed by atoms with van der Waals surface area (Å²) in [6, 6.07) is 52.7. The van der Waals surface area contributed by atoms with Crippen LogP contribution >= 0.6 is 0 Å². The van der Waals surface area contributed by atoms with E-state index < -0.39 is 0 Å². The van der Waals surface area contributed by atoms with E-state index >= 15 is 0 Å². The zero-order valence-corrected chi connectivity index (χ0v) is 40.1. The molecule has 0 saturated heterocycles. The molecule has 1 N–H and O–H groups in total. The molecule has 0 saturated carbocycles. The molecule has 6 heteroatoms. The van der Waals surface area contributed by atoms with E-state index in [1.165, 1.54) is 5.56 Å². The monoisotopic (exact) mass is 1020 g/mol. The van der Waals surface area contributed by atoms with E-state index in [2.05, 4.69) is 200 Å². The van der Waals surface area contributed by atoms with E-state index in [0.717, 1.165) is 94.1 Å². The van der Waals surface area contributed by atoms with Crippen LogP contribution < -0.4 is 0 Å². The average molecular weight is 1020 g/mol. The summed E-state index contributed by atoms with van der Waals surface area (Å²) in [6.45, 7) is 19.9. The van der Waals surface area contributed by atoms with Crippen LogP contribution in [0.25, 0.3) is 94.3 Å². The molecule has 7 aromatic carbocycles. The summed E-state index contributed by atoms with van der Waals surface area (Å²) in [5.74, 6) is 0.918. The molecule has 0 radical (unpaired) electrons. The van der Waals surface area contributed by atoms with Crippen molar-refractivity contribution in [3.8, 4) is 56.3 Å². The van der Waals surface area contributed by atoms with Gasteiger partial charge in [0.25, 0.3) is 0 Å². The van der Waals surface area contributed by atoms with Gasteiger partial charge in [0.1, 0.15) is 22.7 Å². The molecule has 10 aromatic rings. The minimum Gasteiger partial charge on any atom is -0.507 e. The predicted octanol–water partition coefficient (Wildman–Crippen LogP) is 15.5. The van der Waals surface area contributed by atoms with Crippen LogP contribution in [0.4, 0.5) is 0 Å². The number of rotatable bonds is 5. The Kier molecular flexibility index (Phi) is 10.6. The first-order chi connectivity index (χ1) is 30.1. The molecule has 3 aromatic heterocycles. The number of fused-ring (bicyclic) bond motifs is 6. The molecule has 0 aliphatic rings. The van der Waals surface area contributed by atoms with Crippen LogP contribution in [-0.4, -0.2) is 19.6 Å². The number of furan rings is 1. The Morgan fingerprint density at radius 1 is 0.594 bits per heavy atom. The van der Waals surface area contributed by atoms with Crippen LogP contribution in [0, 0.1) is 6.07 Å². The van der Waals surface area contributed by atoms with E-state index in [1.807, 2.05) is 18.3 Å². The number of hydrogen-bond donors (Lipinski definition) is 1. The molecule has 322 valence electrons. The van der Waals surface area contributed by atoms with Crippen LogP contribution in [0.3, 0.4) is 0 Å². The Balaban J connectivity index is 0.00000518. The van der Waals surface area contributed by atoms with Gasteiger partial charge in [-0.05, 0) is 68.7 Å². The third-order valence-corrected chi connectivity index (χ3v) is 12.5. The summed E-state index contributed by atoms with van der Waals surface area (Å²) in [5, 5.41) is 16.7. The third kappa shape index (κ3) is 7.34. The second-order valence-electron chi connectivity index (χ2n) is 20.0. The zero-order valence-electron chi connectivity index (χ0n) is 37.9. The molecule has 0 fully saturated rings. The standard InChI is InChI=1S/C58H52N3O2.Pt/c1-56(2,3)39-26-28-47(44(32-39)35-17-11-10-12-18-35)61-48-24-16-23-41(52(48)60-55(61)45-33-40(57(4,5)6)34-46(53(45)62)58(7,8)9)37-20-15-21-38(31-37)51-50-43-27-25-36-19-13-14-22-42(36)54(43)63-49(50)29-30-59-51;/h10-30,32-34,62H,1-9H3;/q-1;. The summed E-state index contributed by atoms with van der Waals surface area (Å²) in [7, 11) is 0. The Bertz CT molecular complexity index is 3410. The van der Waals surface area contributed by atoms with Crippen molar-refractivity contribution in [2.75, 3.05) is 0 Å². The van der Waals surface area contributed by atoms with Crippen LogP contribution in [-0.2, 0) is 37.3 Å². The van der Waals surface area contributed by atoms with Crippen molar-refractivity contribution in [3.63, 3.8) is 0 Å². The minimum atomic E-state index is -0.328. The van der Waals surface area contributed by atoms with E-state index in [1.54, 1.807) is 0 Å². The summed E-state index contributed by atoms with van der Waals surface area (Å²) in [5.41, 5.74) is 13.4. The number of aromatic hydroxyl groups is 1. The number of aromatic nitrogens is 3. The number of imidazole rings is 1. The molecule has 0 atom stereocenters. The number of phenols is 1. The number of phenolic OH excluding ortho intramolecular Hbond substituents is 1. The van der Waals surface area contributed by atoms with Crippen molar-refractivity contribution < 1.29 is 30.6 Å². The van der Waals surface area contributed by atoms with E-state index in [0.29, 0.717) is 11.4 Å². The molecular formula is C58H52N3O2Pt-. The van der Waals surface area contributed by atoms with Crippen molar-refractivity contribution in [2.45, 2.75) is 78.6 Å². The number of hydrogen-bond acceptors (Lipinski definition) is 4. The molecule has 0 unspecified atom stereocenters. The van der Waals surface area contributed by atoms with Crippen LogP contribution in [0.2, 0.25) is 0 Å². The van der Waals surface area contributed by atoms with Crippen molar-refractivity contribution >= 4 is 43.7 Å². The molecule has 0 bridgehead atoms. The molecule has 3 heterocycles. The molecule has 0 aliphatic carbocycles. The van der Waals surface area contributed by atoms with Gasteiger partial charge in [-0.2, -0.15) is 0 Å². The quantitative estimate of drug-likeness (QED) is 0.175. The summed E-state index contributed by atoms with van der Waals surface area (Å²) in [6.07, 6.45) is 1.82. The SMILES string of the molecule is CC(C)(C)c1ccc(-n2c(-c3cc(C(C)(C)C)cc(C(C)(C)C)c3O)nc3c(-c4[c-]c(-c5nccc6oc7c8ccccc8ccc7c56)ccc4)cccc32)c(-c2ccccc2)c1.[Pt]. The normalized spacial score (nSPS) is 12.4. The number of nitrogens with zero attached hydrogens (tertiary/aromatic N) is 3. The van der Waals surface area contributed by atoms with Gasteiger partial charge < -0.3 is 9.52 Å². The van der Waals surface area contributed by atoms with Gasteiger partial charge >= 0.3 is 0 Å². The Morgan fingerprint density at radius 2 is 1.30 bits per heavy atom. The van der Waals surface area contributed by atoms with Crippen molar-refractivity contribution in [3.05, 3.63) is 168 Å².